The molecule has 7 nitrogen and oxygen atoms in total. The van der Waals surface area contributed by atoms with E-state index in [2.05, 4.69) is 9.97 Å². The molecule has 0 amide bonds. The van der Waals surface area contributed by atoms with Crippen LogP contribution >= 0.6 is 11.3 Å². The van der Waals surface area contributed by atoms with E-state index in [0.29, 0.717) is 27.5 Å². The van der Waals surface area contributed by atoms with Crippen molar-refractivity contribution in [1.82, 2.24) is 9.97 Å². The van der Waals surface area contributed by atoms with Crippen LogP contribution in [-0.4, -0.2) is 30.2 Å². The lowest BCUT2D eigenvalue weighted by Gasteiger charge is -2.11. The number of carbonyl (C=O) groups is 1. The molecule has 1 aliphatic rings. The smallest absolute Gasteiger partial charge is 0.342 e. The third-order valence-corrected chi connectivity index (χ3v) is 5.77. The number of nitrogens with one attached hydrogen (secondary N) is 1. The molecule has 140 valence electrons. The van der Waals surface area contributed by atoms with E-state index in [-0.39, 0.29) is 17.7 Å². The number of hydrogen-bond acceptors (Lipinski definition) is 7. The van der Waals surface area contributed by atoms with Crippen LogP contribution in [0.2, 0.25) is 0 Å². The van der Waals surface area contributed by atoms with E-state index >= 15 is 0 Å². The van der Waals surface area contributed by atoms with E-state index in [1.54, 1.807) is 29.5 Å². The molecule has 0 unspecified atom stereocenters. The zero-order valence-corrected chi connectivity index (χ0v) is 15.8. The molecule has 0 bridgehead atoms. The highest BCUT2D eigenvalue weighted by Crippen LogP contribution is 2.34. The molecular weight excluding hydrogens is 368 g/mol. The lowest BCUT2D eigenvalue weighted by Crippen LogP contribution is -2.15. The van der Waals surface area contributed by atoms with Crippen LogP contribution in [0.15, 0.2) is 23.0 Å². The van der Waals surface area contributed by atoms with Gasteiger partial charge in [-0.05, 0) is 37.0 Å². The van der Waals surface area contributed by atoms with Crippen LogP contribution in [0.1, 0.15) is 33.0 Å². The third-order valence-electron chi connectivity index (χ3n) is 4.59. The Hall–Kier alpha value is -2.87. The molecule has 1 aliphatic carbocycles. The summed E-state index contributed by atoms with van der Waals surface area (Å²) < 4.78 is 15.8. The second-order valence-corrected chi connectivity index (χ2v) is 7.25. The molecule has 0 atom stereocenters. The summed E-state index contributed by atoms with van der Waals surface area (Å²) >= 11 is 1.55. The van der Waals surface area contributed by atoms with Gasteiger partial charge in [-0.3, -0.25) is 4.79 Å². The fourth-order valence-electron chi connectivity index (χ4n) is 3.37. The van der Waals surface area contributed by atoms with E-state index in [9.17, 15) is 9.59 Å². The monoisotopic (exact) mass is 386 g/mol. The van der Waals surface area contributed by atoms with Crippen LogP contribution in [0.4, 0.5) is 0 Å². The molecule has 0 aliphatic heterocycles. The maximum absolute atomic E-state index is 12.5. The summed E-state index contributed by atoms with van der Waals surface area (Å²) in [6.07, 6.45) is 3.00. The van der Waals surface area contributed by atoms with Gasteiger partial charge in [0.1, 0.15) is 22.8 Å². The first-order chi connectivity index (χ1) is 13.1. The Morgan fingerprint density at radius 3 is 2.89 bits per heavy atom. The maximum atomic E-state index is 12.5. The van der Waals surface area contributed by atoms with E-state index < -0.39 is 5.97 Å². The number of rotatable bonds is 5. The number of benzene rings is 1. The number of methoxy groups -OCH3 is 2. The topological polar surface area (TPSA) is 90.5 Å². The Morgan fingerprint density at radius 2 is 2.11 bits per heavy atom. The first-order valence-corrected chi connectivity index (χ1v) is 9.35. The predicted octanol–water partition coefficient (Wildman–Crippen LogP) is 2.85. The summed E-state index contributed by atoms with van der Waals surface area (Å²) in [5.41, 5.74) is 1.19. The fraction of sp³-hybridized carbons (Fsp3) is 0.316. The minimum atomic E-state index is -0.581. The number of H-pyrrole nitrogens is 1. The van der Waals surface area contributed by atoms with Crippen LogP contribution in [0.3, 0.4) is 0 Å². The molecule has 4 rings (SSSR count). The third kappa shape index (κ3) is 3.06. The van der Waals surface area contributed by atoms with Gasteiger partial charge in [-0.25, -0.2) is 9.78 Å². The van der Waals surface area contributed by atoms with Crippen molar-refractivity contribution in [2.24, 2.45) is 0 Å². The Kier molecular flexibility index (Phi) is 4.57. The molecule has 0 saturated carbocycles. The van der Waals surface area contributed by atoms with Crippen molar-refractivity contribution in [3.8, 4) is 11.5 Å². The number of aromatic nitrogens is 2. The van der Waals surface area contributed by atoms with Crippen LogP contribution in [0.5, 0.6) is 11.5 Å². The molecule has 0 saturated heterocycles. The van der Waals surface area contributed by atoms with E-state index in [1.165, 1.54) is 19.1 Å². The largest absolute Gasteiger partial charge is 0.493 e. The van der Waals surface area contributed by atoms with Gasteiger partial charge in [0.2, 0.25) is 0 Å². The van der Waals surface area contributed by atoms with Gasteiger partial charge in [-0.2, -0.15) is 0 Å². The SMILES string of the molecule is COc1cccc(C(=O)OCc2nc3sc4c(c3c(=O)[nH]2)CCC4)c1OC. The molecule has 3 aromatic rings. The van der Waals surface area contributed by atoms with Crippen LogP contribution in [0, 0.1) is 0 Å². The number of para-hydroxylation sites is 1. The summed E-state index contributed by atoms with van der Waals surface area (Å²) in [7, 11) is 2.95. The van der Waals surface area contributed by atoms with E-state index in [1.807, 2.05) is 0 Å². The predicted molar refractivity (Wildman–Crippen MR) is 101 cm³/mol. The lowest BCUT2D eigenvalue weighted by molar-refractivity contribution is 0.0458. The summed E-state index contributed by atoms with van der Waals surface area (Å²) in [6.45, 7) is -0.132. The van der Waals surface area contributed by atoms with Crippen molar-refractivity contribution in [3.05, 3.63) is 50.4 Å². The number of aromatic amines is 1. The Labute approximate surface area is 158 Å². The number of nitrogens with zero attached hydrogens (tertiary/aromatic N) is 1. The van der Waals surface area contributed by atoms with Crippen molar-refractivity contribution < 1.29 is 19.0 Å². The first-order valence-electron chi connectivity index (χ1n) is 8.54. The quantitative estimate of drug-likeness (QED) is 0.678. The summed E-state index contributed by atoms with van der Waals surface area (Å²) in [5.74, 6) is 0.481. The number of hydrogen-bond donors (Lipinski definition) is 1. The second kappa shape index (κ2) is 7.03. The zero-order valence-electron chi connectivity index (χ0n) is 15.0. The molecule has 1 aromatic carbocycles. The van der Waals surface area contributed by atoms with Gasteiger partial charge in [0.15, 0.2) is 11.5 Å². The maximum Gasteiger partial charge on any atom is 0.342 e. The van der Waals surface area contributed by atoms with Gasteiger partial charge in [-0.1, -0.05) is 6.07 Å². The molecule has 0 radical (unpaired) electrons. The molecule has 1 N–H and O–H groups in total. The highest BCUT2D eigenvalue weighted by atomic mass is 32.1. The minimum absolute atomic E-state index is 0.132. The van der Waals surface area contributed by atoms with Gasteiger partial charge < -0.3 is 19.2 Å². The van der Waals surface area contributed by atoms with Gasteiger partial charge in [-0.15, -0.1) is 11.3 Å². The molecule has 0 spiro atoms. The Bertz CT molecular complexity index is 1090. The summed E-state index contributed by atoms with van der Waals surface area (Å²) in [6, 6.07) is 4.96. The molecule has 2 heterocycles. The van der Waals surface area contributed by atoms with Crippen molar-refractivity contribution in [2.45, 2.75) is 25.9 Å². The van der Waals surface area contributed by atoms with Crippen molar-refractivity contribution in [1.29, 1.82) is 0 Å². The number of esters is 1. The van der Waals surface area contributed by atoms with Crippen molar-refractivity contribution in [2.75, 3.05) is 14.2 Å². The molecule has 8 heteroatoms. The van der Waals surface area contributed by atoms with Gasteiger partial charge in [0.05, 0.1) is 19.6 Å². The van der Waals surface area contributed by atoms with E-state index in [4.69, 9.17) is 14.2 Å². The van der Waals surface area contributed by atoms with Crippen molar-refractivity contribution >= 4 is 27.5 Å². The van der Waals surface area contributed by atoms with Crippen LogP contribution in [0.25, 0.3) is 10.2 Å². The molecule has 2 aromatic heterocycles. The second-order valence-electron chi connectivity index (χ2n) is 6.17. The number of carbonyl (C=O) groups excluding carboxylic acids is 1. The lowest BCUT2D eigenvalue weighted by atomic mass is 10.2. The van der Waals surface area contributed by atoms with Gasteiger partial charge in [0.25, 0.3) is 5.56 Å². The Balaban J connectivity index is 1.57. The van der Waals surface area contributed by atoms with Crippen LogP contribution in [-0.2, 0) is 24.2 Å². The van der Waals surface area contributed by atoms with E-state index in [0.717, 1.165) is 24.8 Å². The van der Waals surface area contributed by atoms with Crippen molar-refractivity contribution in [3.63, 3.8) is 0 Å². The average Bonchev–Trinajstić information content (AvgIpc) is 3.25. The first kappa shape index (κ1) is 17.5. The molecule has 0 fully saturated rings. The minimum Gasteiger partial charge on any atom is -0.493 e. The molecular formula is C19H18N2O5S. The number of thiophene rings is 1. The standard InChI is InChI=1S/C19H18N2O5S/c1-24-12-7-3-6-11(16(12)25-2)19(23)26-9-14-20-17(22)15-10-5-4-8-13(10)27-18(15)21-14/h3,6-7H,4-5,8-9H2,1-2H3,(H,20,21,22). The Morgan fingerprint density at radius 1 is 1.26 bits per heavy atom. The van der Waals surface area contributed by atoms with Gasteiger partial charge in [0, 0.05) is 4.88 Å². The fourth-order valence-corrected chi connectivity index (χ4v) is 4.66. The molecule has 27 heavy (non-hydrogen) atoms. The average molecular weight is 386 g/mol. The zero-order chi connectivity index (χ0) is 19.0. The number of aryl methyl sites for hydroxylation is 2. The van der Waals surface area contributed by atoms with Crippen LogP contribution < -0.4 is 15.0 Å². The van der Waals surface area contributed by atoms with Gasteiger partial charge >= 0.3 is 5.97 Å². The number of ether oxygens (including phenoxy) is 3. The summed E-state index contributed by atoms with van der Waals surface area (Å²) in [5, 5.41) is 0.678. The summed E-state index contributed by atoms with van der Waals surface area (Å²) in [4.78, 5) is 34.0. The highest BCUT2D eigenvalue weighted by Gasteiger charge is 2.22. The highest BCUT2D eigenvalue weighted by molar-refractivity contribution is 7.18. The normalized spacial score (nSPS) is 12.8. The number of fused-ring (bicyclic) bond motifs is 3.